The first kappa shape index (κ1) is 11.0. The van der Waals surface area contributed by atoms with Crippen molar-refractivity contribution in [2.75, 3.05) is 0 Å². The Balaban J connectivity index is 2.96. The van der Waals surface area contributed by atoms with Crippen LogP contribution in [-0.2, 0) is 0 Å². The van der Waals surface area contributed by atoms with Crippen LogP contribution in [0.25, 0.3) is 0 Å². The van der Waals surface area contributed by atoms with Crippen LogP contribution in [0.3, 0.4) is 0 Å². The molecule has 76 valence electrons. The van der Waals surface area contributed by atoms with E-state index in [1.807, 2.05) is 51.1 Å². The van der Waals surface area contributed by atoms with Crippen LogP contribution in [-0.4, -0.2) is 5.11 Å². The lowest BCUT2D eigenvalue weighted by molar-refractivity contribution is 0.0747. The molecule has 0 amide bonds. The third kappa shape index (κ3) is 2.05. The molecule has 1 nitrogen and oxygen atoms in total. The lowest BCUT2D eigenvalue weighted by atomic mass is 9.77. The van der Waals surface area contributed by atoms with Gasteiger partial charge in [0.15, 0.2) is 0 Å². The normalized spacial score (nSPS) is 13.7. The minimum Gasteiger partial charge on any atom is -0.388 e. The highest BCUT2D eigenvalue weighted by Gasteiger charge is 2.29. The Morgan fingerprint density at radius 2 is 1.79 bits per heavy atom. The zero-order valence-corrected chi connectivity index (χ0v) is 9.12. The fourth-order valence-corrected chi connectivity index (χ4v) is 1.29. The fraction of sp³-hybridized carbons (Fsp3) is 0.385. The average molecular weight is 190 g/mol. The first-order valence-corrected chi connectivity index (χ1v) is 4.85. The first-order chi connectivity index (χ1) is 6.46. The maximum absolute atomic E-state index is 10.2. The molecule has 0 radical (unpaired) electrons. The molecule has 0 bridgehead atoms. The van der Waals surface area contributed by atoms with Crippen molar-refractivity contribution in [1.29, 1.82) is 0 Å². The van der Waals surface area contributed by atoms with Gasteiger partial charge in [-0.1, -0.05) is 56.3 Å². The number of benzene rings is 1. The van der Waals surface area contributed by atoms with Crippen LogP contribution in [0, 0.1) is 5.41 Å². The summed E-state index contributed by atoms with van der Waals surface area (Å²) in [4.78, 5) is 0. The maximum Gasteiger partial charge on any atom is 0.0877 e. The van der Waals surface area contributed by atoms with Crippen LogP contribution in [0.4, 0.5) is 0 Å². The minimum absolute atomic E-state index is 0.276. The number of hydrogen-bond acceptors (Lipinski definition) is 1. The highest BCUT2D eigenvalue weighted by Crippen LogP contribution is 2.38. The topological polar surface area (TPSA) is 20.2 Å². The second kappa shape index (κ2) is 3.97. The highest BCUT2D eigenvalue weighted by atomic mass is 16.3. The third-order valence-corrected chi connectivity index (χ3v) is 2.90. The van der Waals surface area contributed by atoms with E-state index in [0.717, 1.165) is 11.1 Å². The van der Waals surface area contributed by atoms with E-state index in [2.05, 4.69) is 6.58 Å². The molecule has 0 spiro atoms. The van der Waals surface area contributed by atoms with E-state index in [1.165, 1.54) is 0 Å². The molecule has 1 aromatic carbocycles. The van der Waals surface area contributed by atoms with Gasteiger partial charge in [0.1, 0.15) is 0 Å². The van der Waals surface area contributed by atoms with Crippen molar-refractivity contribution in [3.63, 3.8) is 0 Å². The summed E-state index contributed by atoms with van der Waals surface area (Å²) < 4.78 is 0. The van der Waals surface area contributed by atoms with E-state index >= 15 is 0 Å². The lowest BCUT2D eigenvalue weighted by Crippen LogP contribution is -2.22. The molecule has 0 heterocycles. The summed E-state index contributed by atoms with van der Waals surface area (Å²) in [5, 5.41) is 10.2. The van der Waals surface area contributed by atoms with Gasteiger partial charge in [0.25, 0.3) is 0 Å². The van der Waals surface area contributed by atoms with E-state index in [9.17, 15) is 5.11 Å². The van der Waals surface area contributed by atoms with Crippen molar-refractivity contribution in [3.05, 3.63) is 48.0 Å². The summed E-state index contributed by atoms with van der Waals surface area (Å²) in [7, 11) is 0. The van der Waals surface area contributed by atoms with Crippen LogP contribution in [0.2, 0.25) is 0 Å². The van der Waals surface area contributed by atoms with E-state index in [4.69, 9.17) is 0 Å². The standard InChI is InChI=1S/C13H18O/c1-10(2)13(3,4)12(14)11-8-6-5-7-9-11/h5-9,12,14H,1H2,2-4H3/t12-/m0/s1. The molecular weight excluding hydrogens is 172 g/mol. The van der Waals surface area contributed by atoms with Crippen molar-refractivity contribution in [2.24, 2.45) is 5.41 Å². The minimum atomic E-state index is -0.485. The molecule has 1 atom stereocenters. The fourth-order valence-electron chi connectivity index (χ4n) is 1.29. The average Bonchev–Trinajstić information content (AvgIpc) is 2.17. The summed E-state index contributed by atoms with van der Waals surface area (Å²) in [5.74, 6) is 0. The van der Waals surface area contributed by atoms with E-state index < -0.39 is 6.10 Å². The molecule has 0 unspecified atom stereocenters. The Morgan fingerprint density at radius 3 is 2.21 bits per heavy atom. The van der Waals surface area contributed by atoms with Crippen LogP contribution in [0.1, 0.15) is 32.4 Å². The van der Waals surface area contributed by atoms with Gasteiger partial charge < -0.3 is 5.11 Å². The largest absolute Gasteiger partial charge is 0.388 e. The van der Waals surface area contributed by atoms with Crippen LogP contribution >= 0.6 is 0 Å². The third-order valence-electron chi connectivity index (χ3n) is 2.90. The Labute approximate surface area is 86.1 Å². The van der Waals surface area contributed by atoms with Gasteiger partial charge in [-0.2, -0.15) is 0 Å². The molecule has 0 aliphatic heterocycles. The predicted octanol–water partition coefficient (Wildman–Crippen LogP) is 3.32. The molecule has 1 N–H and O–H groups in total. The molecule has 0 aromatic heterocycles. The van der Waals surface area contributed by atoms with Gasteiger partial charge in [-0.3, -0.25) is 0 Å². The van der Waals surface area contributed by atoms with E-state index in [-0.39, 0.29) is 5.41 Å². The number of rotatable bonds is 3. The van der Waals surface area contributed by atoms with E-state index in [1.54, 1.807) is 0 Å². The molecule has 0 saturated heterocycles. The SMILES string of the molecule is C=C(C)C(C)(C)[C@@H](O)c1ccccc1. The molecule has 0 fully saturated rings. The monoisotopic (exact) mass is 190 g/mol. The molecule has 1 aromatic rings. The van der Waals surface area contributed by atoms with Crippen LogP contribution < -0.4 is 0 Å². The zero-order valence-electron chi connectivity index (χ0n) is 9.12. The summed E-state index contributed by atoms with van der Waals surface area (Å²) in [6.07, 6.45) is -0.485. The van der Waals surface area contributed by atoms with Crippen molar-refractivity contribution in [3.8, 4) is 0 Å². The molecule has 0 saturated carbocycles. The number of aliphatic hydroxyl groups is 1. The van der Waals surface area contributed by atoms with Gasteiger partial charge in [-0.25, -0.2) is 0 Å². The quantitative estimate of drug-likeness (QED) is 0.725. The number of hydrogen-bond donors (Lipinski definition) is 1. The Morgan fingerprint density at radius 1 is 1.29 bits per heavy atom. The second-order valence-corrected chi connectivity index (χ2v) is 4.32. The van der Waals surface area contributed by atoms with Gasteiger partial charge in [-0.15, -0.1) is 0 Å². The van der Waals surface area contributed by atoms with Crippen molar-refractivity contribution in [2.45, 2.75) is 26.9 Å². The van der Waals surface area contributed by atoms with Gasteiger partial charge >= 0.3 is 0 Å². The molecule has 1 rings (SSSR count). The lowest BCUT2D eigenvalue weighted by Gasteiger charge is -2.31. The highest BCUT2D eigenvalue weighted by molar-refractivity contribution is 5.22. The summed E-state index contributed by atoms with van der Waals surface area (Å²) in [6, 6.07) is 9.70. The molecule has 1 heteroatoms. The van der Waals surface area contributed by atoms with E-state index in [0.29, 0.717) is 0 Å². The van der Waals surface area contributed by atoms with Gasteiger partial charge in [0.2, 0.25) is 0 Å². The van der Waals surface area contributed by atoms with Crippen LogP contribution in [0.15, 0.2) is 42.5 Å². The predicted molar refractivity (Wildman–Crippen MR) is 60.0 cm³/mol. The van der Waals surface area contributed by atoms with Crippen molar-refractivity contribution in [1.82, 2.24) is 0 Å². The molecule has 0 aliphatic carbocycles. The summed E-state index contributed by atoms with van der Waals surface area (Å²) in [5.41, 5.74) is 1.66. The molecular formula is C13H18O. The molecule has 0 aliphatic rings. The Kier molecular flexibility index (Phi) is 3.12. The van der Waals surface area contributed by atoms with Gasteiger partial charge in [0.05, 0.1) is 6.10 Å². The second-order valence-electron chi connectivity index (χ2n) is 4.32. The summed E-state index contributed by atoms with van der Waals surface area (Å²) >= 11 is 0. The van der Waals surface area contributed by atoms with Crippen molar-refractivity contribution >= 4 is 0 Å². The smallest absolute Gasteiger partial charge is 0.0877 e. The molecule has 14 heavy (non-hydrogen) atoms. The van der Waals surface area contributed by atoms with Crippen molar-refractivity contribution < 1.29 is 5.11 Å². The van der Waals surface area contributed by atoms with Crippen LogP contribution in [0.5, 0.6) is 0 Å². The van der Waals surface area contributed by atoms with Gasteiger partial charge in [0, 0.05) is 5.41 Å². The zero-order chi connectivity index (χ0) is 10.8. The summed E-state index contributed by atoms with van der Waals surface area (Å²) in [6.45, 7) is 9.88. The van der Waals surface area contributed by atoms with Gasteiger partial charge in [-0.05, 0) is 12.5 Å². The maximum atomic E-state index is 10.2. The Bertz CT molecular complexity index is 311. The number of aliphatic hydroxyl groups excluding tert-OH is 1. The first-order valence-electron chi connectivity index (χ1n) is 4.85. The Hall–Kier alpha value is -1.08.